The number of carbonyl (C=O) groups excluding carboxylic acids is 1. The molecule has 0 aromatic heterocycles. The molecule has 0 aliphatic rings. The molecule has 0 heterocycles. The molecule has 13 heavy (non-hydrogen) atoms. The molecule has 0 saturated carbocycles. The molecule has 0 N–H and O–H groups in total. The van der Waals surface area contributed by atoms with Gasteiger partial charge >= 0.3 is 12.0 Å². The number of nitro groups is 1. The lowest BCUT2D eigenvalue weighted by Gasteiger charge is -2.07. The zero-order valence-electron chi connectivity index (χ0n) is 7.78. The van der Waals surface area contributed by atoms with Crippen molar-refractivity contribution in [2.75, 3.05) is 6.61 Å². The Hall–Kier alpha value is -1.39. The summed E-state index contributed by atoms with van der Waals surface area (Å²) in [4.78, 5) is 20.8. The fourth-order valence-electron chi connectivity index (χ4n) is 0.812. The van der Waals surface area contributed by atoms with Gasteiger partial charge in [-0.3, -0.25) is 10.1 Å². The molecular formula is C8H13NO4. The topological polar surface area (TPSA) is 69.4 Å². The summed E-state index contributed by atoms with van der Waals surface area (Å²) in [6.45, 7) is 6.90. The van der Waals surface area contributed by atoms with Crippen molar-refractivity contribution >= 4 is 5.97 Å². The molecule has 1 unspecified atom stereocenters. The first-order valence-corrected chi connectivity index (χ1v) is 3.93. The minimum absolute atomic E-state index is 0.0336. The average molecular weight is 187 g/mol. The summed E-state index contributed by atoms with van der Waals surface area (Å²) in [5.74, 6) is -0.796. The third-order valence-electron chi connectivity index (χ3n) is 1.35. The Balaban J connectivity index is 4.32. The smallest absolute Gasteiger partial charge is 0.381 e. The monoisotopic (exact) mass is 187 g/mol. The number of hydrogen-bond acceptors (Lipinski definition) is 4. The van der Waals surface area contributed by atoms with Crippen LogP contribution in [0, 0.1) is 10.1 Å². The van der Waals surface area contributed by atoms with Crippen molar-refractivity contribution < 1.29 is 14.5 Å². The first-order valence-electron chi connectivity index (χ1n) is 3.93. The lowest BCUT2D eigenvalue weighted by Crippen LogP contribution is -2.31. The van der Waals surface area contributed by atoms with E-state index in [1.807, 2.05) is 0 Å². The predicted molar refractivity (Wildman–Crippen MR) is 46.8 cm³/mol. The van der Waals surface area contributed by atoms with Crippen molar-refractivity contribution in [2.45, 2.75) is 26.3 Å². The zero-order chi connectivity index (χ0) is 10.4. The molecule has 1 atom stereocenters. The quantitative estimate of drug-likeness (QED) is 0.280. The van der Waals surface area contributed by atoms with Crippen LogP contribution in [0.5, 0.6) is 0 Å². The number of nitrogens with zero attached hydrogens (tertiary/aromatic N) is 1. The van der Waals surface area contributed by atoms with E-state index >= 15 is 0 Å². The number of ether oxygens (including phenoxy) is 1. The van der Waals surface area contributed by atoms with Gasteiger partial charge in [0.15, 0.2) is 0 Å². The van der Waals surface area contributed by atoms with Gasteiger partial charge in [0.2, 0.25) is 0 Å². The van der Waals surface area contributed by atoms with Gasteiger partial charge < -0.3 is 4.74 Å². The molecule has 0 spiro atoms. The van der Waals surface area contributed by atoms with E-state index in [0.29, 0.717) is 5.57 Å². The summed E-state index contributed by atoms with van der Waals surface area (Å²) in [6, 6.07) is -1.31. The maximum Gasteiger partial charge on any atom is 0.381 e. The molecule has 0 saturated heterocycles. The van der Waals surface area contributed by atoms with Crippen molar-refractivity contribution in [1.29, 1.82) is 0 Å². The molecule has 0 aromatic rings. The molecule has 5 nitrogen and oxygen atoms in total. The number of esters is 1. The second-order valence-corrected chi connectivity index (χ2v) is 2.71. The Morgan fingerprint density at radius 2 is 2.23 bits per heavy atom. The van der Waals surface area contributed by atoms with Crippen LogP contribution in [0.3, 0.4) is 0 Å². The van der Waals surface area contributed by atoms with Gasteiger partial charge in [-0.15, -0.1) is 0 Å². The van der Waals surface area contributed by atoms with Gasteiger partial charge in [-0.25, -0.2) is 4.79 Å². The van der Waals surface area contributed by atoms with E-state index in [2.05, 4.69) is 11.3 Å². The summed E-state index contributed by atoms with van der Waals surface area (Å²) in [5.41, 5.74) is 0.592. The highest BCUT2D eigenvalue weighted by atomic mass is 16.6. The van der Waals surface area contributed by atoms with Crippen LogP contribution in [0.4, 0.5) is 0 Å². The van der Waals surface area contributed by atoms with Crippen molar-refractivity contribution in [3.8, 4) is 0 Å². The van der Waals surface area contributed by atoms with Crippen LogP contribution in [-0.2, 0) is 9.53 Å². The highest BCUT2D eigenvalue weighted by Crippen LogP contribution is 2.07. The van der Waals surface area contributed by atoms with E-state index in [-0.39, 0.29) is 13.0 Å². The Labute approximate surface area is 76.5 Å². The molecular weight excluding hydrogens is 174 g/mol. The van der Waals surface area contributed by atoms with Crippen molar-refractivity contribution in [1.82, 2.24) is 0 Å². The first kappa shape index (κ1) is 11.6. The van der Waals surface area contributed by atoms with Gasteiger partial charge in [0.25, 0.3) is 0 Å². The minimum atomic E-state index is -1.31. The second-order valence-electron chi connectivity index (χ2n) is 2.71. The number of hydrogen-bond donors (Lipinski definition) is 0. The van der Waals surface area contributed by atoms with E-state index in [0.717, 1.165) is 0 Å². The minimum Gasteiger partial charge on any atom is -0.461 e. The lowest BCUT2D eigenvalue weighted by molar-refractivity contribution is -0.510. The van der Waals surface area contributed by atoms with Gasteiger partial charge in [-0.2, -0.15) is 0 Å². The van der Waals surface area contributed by atoms with Gasteiger partial charge in [0, 0.05) is 11.3 Å². The summed E-state index contributed by atoms with van der Waals surface area (Å²) < 4.78 is 4.54. The molecule has 74 valence electrons. The van der Waals surface area contributed by atoms with Crippen molar-refractivity contribution in [3.63, 3.8) is 0 Å². The van der Waals surface area contributed by atoms with E-state index in [9.17, 15) is 14.9 Å². The third kappa shape index (κ3) is 4.25. The predicted octanol–water partition coefficient (Wildman–Crippen LogP) is 1.16. The Morgan fingerprint density at radius 3 is 2.54 bits per heavy atom. The van der Waals surface area contributed by atoms with E-state index in [4.69, 9.17) is 0 Å². The zero-order valence-corrected chi connectivity index (χ0v) is 7.78. The molecule has 0 aliphatic carbocycles. The molecule has 0 aromatic carbocycles. The van der Waals surface area contributed by atoms with E-state index in [1.165, 1.54) is 0 Å². The Kier molecular flexibility index (Phi) is 4.72. The summed E-state index contributed by atoms with van der Waals surface area (Å²) in [5, 5.41) is 10.4. The fourth-order valence-corrected chi connectivity index (χ4v) is 0.812. The largest absolute Gasteiger partial charge is 0.461 e. The fraction of sp³-hybridized carbons (Fsp3) is 0.625. The van der Waals surface area contributed by atoms with Crippen LogP contribution in [0.2, 0.25) is 0 Å². The Morgan fingerprint density at radius 1 is 1.69 bits per heavy atom. The standard InChI is InChI=1S/C8H13NO4/c1-4-13-8(10)7(9(11)12)5-6(2)3/h7H,2,4-5H2,1,3H3. The van der Waals surface area contributed by atoms with Crippen LogP contribution in [0.15, 0.2) is 12.2 Å². The number of rotatable bonds is 5. The third-order valence-corrected chi connectivity index (χ3v) is 1.35. The molecule has 0 fully saturated rings. The SMILES string of the molecule is C=C(C)CC(C(=O)OCC)[N+](=O)[O-]. The molecule has 0 bridgehead atoms. The molecule has 0 amide bonds. The van der Waals surface area contributed by atoms with E-state index in [1.54, 1.807) is 13.8 Å². The first-order chi connectivity index (χ1) is 5.99. The van der Waals surface area contributed by atoms with Crippen LogP contribution < -0.4 is 0 Å². The molecule has 0 rings (SSSR count). The van der Waals surface area contributed by atoms with Crippen LogP contribution in [0.25, 0.3) is 0 Å². The van der Waals surface area contributed by atoms with Crippen LogP contribution >= 0.6 is 0 Å². The number of carbonyl (C=O) groups is 1. The molecule has 0 radical (unpaired) electrons. The second kappa shape index (κ2) is 5.29. The van der Waals surface area contributed by atoms with Crippen LogP contribution in [0.1, 0.15) is 20.3 Å². The van der Waals surface area contributed by atoms with Crippen molar-refractivity contribution in [3.05, 3.63) is 22.3 Å². The lowest BCUT2D eigenvalue weighted by atomic mass is 10.1. The highest BCUT2D eigenvalue weighted by molar-refractivity contribution is 5.74. The molecule has 0 aliphatic heterocycles. The highest BCUT2D eigenvalue weighted by Gasteiger charge is 2.30. The van der Waals surface area contributed by atoms with Crippen LogP contribution in [-0.4, -0.2) is 23.5 Å². The summed E-state index contributed by atoms with van der Waals surface area (Å²) in [6.07, 6.45) is 0.0336. The molecule has 5 heteroatoms. The maximum absolute atomic E-state index is 11.0. The van der Waals surface area contributed by atoms with Crippen molar-refractivity contribution in [2.24, 2.45) is 0 Å². The summed E-state index contributed by atoms with van der Waals surface area (Å²) >= 11 is 0. The average Bonchev–Trinajstić information content (AvgIpc) is 1.99. The van der Waals surface area contributed by atoms with Gasteiger partial charge in [0.05, 0.1) is 6.61 Å². The van der Waals surface area contributed by atoms with Gasteiger partial charge in [-0.1, -0.05) is 12.2 Å². The maximum atomic E-state index is 11.0. The van der Waals surface area contributed by atoms with Gasteiger partial charge in [-0.05, 0) is 13.8 Å². The Bertz CT molecular complexity index is 224. The summed E-state index contributed by atoms with van der Waals surface area (Å²) in [7, 11) is 0. The van der Waals surface area contributed by atoms with E-state index < -0.39 is 16.9 Å². The normalized spacial score (nSPS) is 11.8. The van der Waals surface area contributed by atoms with Gasteiger partial charge in [0.1, 0.15) is 0 Å².